The summed E-state index contributed by atoms with van der Waals surface area (Å²) in [6.45, 7) is 5.21. The molecule has 4 nitrogen and oxygen atoms in total. The number of rotatable bonds is 7. The molecule has 0 spiro atoms. The average Bonchev–Trinajstić information content (AvgIpc) is 3.24. The molecule has 1 saturated heterocycles. The number of thiocarbonyl (C=S) groups is 1. The van der Waals surface area contributed by atoms with E-state index in [0.29, 0.717) is 11.2 Å². The van der Waals surface area contributed by atoms with Crippen LogP contribution in [0.3, 0.4) is 0 Å². The lowest BCUT2D eigenvalue weighted by molar-refractivity contribution is 0.246. The van der Waals surface area contributed by atoms with Crippen LogP contribution in [0.2, 0.25) is 0 Å². The Bertz CT molecular complexity index is 724. The molecule has 1 heterocycles. The molecule has 2 aromatic carbocycles. The van der Waals surface area contributed by atoms with Gasteiger partial charge < -0.3 is 15.4 Å². The zero-order chi connectivity index (χ0) is 19.1. The van der Waals surface area contributed by atoms with Gasteiger partial charge in [-0.15, -0.1) is 0 Å². The van der Waals surface area contributed by atoms with Gasteiger partial charge in [-0.25, -0.2) is 0 Å². The number of nitrogens with zero attached hydrogens (tertiary/aromatic N) is 1. The molecule has 0 saturated carbocycles. The number of aryl methyl sites for hydroxylation is 1. The number of nitrogens with one attached hydrogen (secondary N) is 2. The predicted octanol–water partition coefficient (Wildman–Crippen LogP) is 4.38. The van der Waals surface area contributed by atoms with Crippen molar-refractivity contribution in [2.75, 3.05) is 32.1 Å². The maximum Gasteiger partial charge on any atom is 0.170 e. The molecule has 2 N–H and O–H groups in total. The van der Waals surface area contributed by atoms with E-state index in [1.165, 1.54) is 24.0 Å². The molecule has 0 aliphatic carbocycles. The minimum atomic E-state index is 0.306. The highest BCUT2D eigenvalue weighted by molar-refractivity contribution is 7.80. The summed E-state index contributed by atoms with van der Waals surface area (Å²) in [5.74, 6) is 0.889. The lowest BCUT2D eigenvalue weighted by Crippen LogP contribution is -2.38. The van der Waals surface area contributed by atoms with Gasteiger partial charge in [0.2, 0.25) is 0 Å². The maximum absolute atomic E-state index is 5.52. The van der Waals surface area contributed by atoms with E-state index < -0.39 is 0 Å². The van der Waals surface area contributed by atoms with E-state index in [2.05, 4.69) is 58.9 Å². The quantitative estimate of drug-likeness (QED) is 0.694. The van der Waals surface area contributed by atoms with Crippen molar-refractivity contribution in [1.29, 1.82) is 0 Å². The first kappa shape index (κ1) is 19.6. The number of ether oxygens (including phenoxy) is 1. The van der Waals surface area contributed by atoms with Crippen LogP contribution < -0.4 is 15.4 Å². The Balaban J connectivity index is 1.61. The van der Waals surface area contributed by atoms with Gasteiger partial charge in [0, 0.05) is 12.2 Å². The van der Waals surface area contributed by atoms with Crippen LogP contribution in [-0.4, -0.2) is 36.8 Å². The Kier molecular flexibility index (Phi) is 7.07. The van der Waals surface area contributed by atoms with Crippen molar-refractivity contribution >= 4 is 23.0 Å². The van der Waals surface area contributed by atoms with E-state index in [9.17, 15) is 0 Å². The number of likely N-dealkylation sites (tertiary alicyclic amines) is 1. The first-order chi connectivity index (χ1) is 13.2. The van der Waals surface area contributed by atoms with Crippen molar-refractivity contribution in [2.24, 2.45) is 0 Å². The SMILES string of the molecule is CCc1ccc(NC(=S)NCC(c2ccc(OC)cc2)N2CCCC2)cc1. The Morgan fingerprint density at radius 2 is 1.74 bits per heavy atom. The highest BCUT2D eigenvalue weighted by Crippen LogP contribution is 2.26. The molecule has 0 amide bonds. The zero-order valence-corrected chi connectivity index (χ0v) is 17.0. The molecule has 5 heteroatoms. The third-order valence-electron chi connectivity index (χ3n) is 5.16. The second-order valence-corrected chi connectivity index (χ2v) is 7.33. The summed E-state index contributed by atoms with van der Waals surface area (Å²) in [5, 5.41) is 7.37. The molecule has 1 atom stereocenters. The van der Waals surface area contributed by atoms with Gasteiger partial charge in [0.05, 0.1) is 13.2 Å². The van der Waals surface area contributed by atoms with Crippen molar-refractivity contribution < 1.29 is 4.74 Å². The summed E-state index contributed by atoms with van der Waals surface area (Å²) >= 11 is 5.52. The summed E-state index contributed by atoms with van der Waals surface area (Å²) in [4.78, 5) is 2.54. The lowest BCUT2D eigenvalue weighted by Gasteiger charge is -2.29. The molecule has 0 radical (unpaired) electrons. The van der Waals surface area contributed by atoms with Gasteiger partial charge in [-0.1, -0.05) is 31.2 Å². The van der Waals surface area contributed by atoms with Crippen LogP contribution in [0.4, 0.5) is 5.69 Å². The third kappa shape index (κ3) is 5.44. The van der Waals surface area contributed by atoms with Crippen LogP contribution in [0.15, 0.2) is 48.5 Å². The molecule has 144 valence electrons. The molecule has 2 aromatic rings. The zero-order valence-electron chi connectivity index (χ0n) is 16.2. The first-order valence-corrected chi connectivity index (χ1v) is 10.1. The van der Waals surface area contributed by atoms with Crippen LogP contribution in [0, 0.1) is 0 Å². The van der Waals surface area contributed by atoms with Crippen LogP contribution in [0.5, 0.6) is 5.75 Å². The van der Waals surface area contributed by atoms with Gasteiger partial charge in [-0.2, -0.15) is 0 Å². The van der Waals surface area contributed by atoms with Gasteiger partial charge in [0.15, 0.2) is 5.11 Å². The van der Waals surface area contributed by atoms with E-state index in [4.69, 9.17) is 17.0 Å². The third-order valence-corrected chi connectivity index (χ3v) is 5.40. The highest BCUT2D eigenvalue weighted by Gasteiger charge is 2.23. The summed E-state index contributed by atoms with van der Waals surface area (Å²) in [6.07, 6.45) is 3.57. The van der Waals surface area contributed by atoms with Gasteiger partial charge >= 0.3 is 0 Å². The van der Waals surface area contributed by atoms with E-state index in [1.54, 1.807) is 7.11 Å². The van der Waals surface area contributed by atoms with E-state index in [-0.39, 0.29) is 0 Å². The Hall–Kier alpha value is -2.11. The number of hydrogen-bond acceptors (Lipinski definition) is 3. The molecule has 1 aliphatic heterocycles. The topological polar surface area (TPSA) is 36.5 Å². The smallest absolute Gasteiger partial charge is 0.170 e. The summed E-state index contributed by atoms with van der Waals surface area (Å²) in [6, 6.07) is 17.1. The fourth-order valence-electron chi connectivity index (χ4n) is 3.53. The molecule has 0 aromatic heterocycles. The standard InChI is InChI=1S/C22H29N3OS/c1-3-17-6-10-19(11-7-17)24-22(27)23-16-21(25-14-4-5-15-25)18-8-12-20(26-2)13-9-18/h6-13,21H,3-5,14-16H2,1-2H3,(H2,23,24,27). The van der Waals surface area contributed by atoms with E-state index >= 15 is 0 Å². The summed E-state index contributed by atoms with van der Waals surface area (Å²) in [5.41, 5.74) is 3.64. The van der Waals surface area contributed by atoms with E-state index in [1.807, 2.05) is 12.1 Å². The van der Waals surface area contributed by atoms with Gasteiger partial charge in [0.1, 0.15) is 5.75 Å². The minimum absolute atomic E-state index is 0.306. The van der Waals surface area contributed by atoms with E-state index in [0.717, 1.165) is 37.5 Å². The average molecular weight is 384 g/mol. The molecule has 1 unspecified atom stereocenters. The van der Waals surface area contributed by atoms with Crippen molar-refractivity contribution in [2.45, 2.75) is 32.2 Å². The fourth-order valence-corrected chi connectivity index (χ4v) is 3.73. The molecule has 1 aliphatic rings. The molecule has 0 bridgehead atoms. The van der Waals surface area contributed by atoms with Crippen molar-refractivity contribution in [3.63, 3.8) is 0 Å². The molecular formula is C22H29N3OS. The van der Waals surface area contributed by atoms with Crippen molar-refractivity contribution in [1.82, 2.24) is 10.2 Å². The second kappa shape index (κ2) is 9.72. The Labute approximate surface area is 167 Å². The Morgan fingerprint density at radius 3 is 2.33 bits per heavy atom. The van der Waals surface area contributed by atoms with Crippen molar-refractivity contribution in [3.05, 3.63) is 59.7 Å². The number of anilines is 1. The molecule has 27 heavy (non-hydrogen) atoms. The summed E-state index contributed by atoms with van der Waals surface area (Å²) < 4.78 is 5.30. The normalized spacial score (nSPS) is 15.3. The van der Waals surface area contributed by atoms with Crippen LogP contribution in [0.1, 0.15) is 36.9 Å². The fraction of sp³-hybridized carbons (Fsp3) is 0.409. The number of hydrogen-bond donors (Lipinski definition) is 2. The largest absolute Gasteiger partial charge is 0.497 e. The van der Waals surface area contributed by atoms with Crippen LogP contribution in [-0.2, 0) is 6.42 Å². The van der Waals surface area contributed by atoms with Gasteiger partial charge in [-0.05, 0) is 80.0 Å². The maximum atomic E-state index is 5.52. The molecule has 3 rings (SSSR count). The van der Waals surface area contributed by atoms with Crippen molar-refractivity contribution in [3.8, 4) is 5.75 Å². The van der Waals surface area contributed by atoms with Gasteiger partial charge in [0.25, 0.3) is 0 Å². The second-order valence-electron chi connectivity index (χ2n) is 6.92. The first-order valence-electron chi connectivity index (χ1n) is 9.71. The predicted molar refractivity (Wildman–Crippen MR) is 117 cm³/mol. The Morgan fingerprint density at radius 1 is 1.07 bits per heavy atom. The highest BCUT2D eigenvalue weighted by atomic mass is 32.1. The number of methoxy groups -OCH3 is 1. The molecular weight excluding hydrogens is 354 g/mol. The monoisotopic (exact) mass is 383 g/mol. The van der Waals surface area contributed by atoms with Gasteiger partial charge in [-0.3, -0.25) is 4.90 Å². The minimum Gasteiger partial charge on any atom is -0.497 e. The lowest BCUT2D eigenvalue weighted by atomic mass is 10.1. The molecule has 1 fully saturated rings. The number of benzene rings is 2. The summed E-state index contributed by atoms with van der Waals surface area (Å²) in [7, 11) is 1.70. The van der Waals surface area contributed by atoms with Crippen LogP contribution >= 0.6 is 12.2 Å². The van der Waals surface area contributed by atoms with Crippen LogP contribution in [0.25, 0.3) is 0 Å².